The molecule has 90 valence electrons. The first kappa shape index (κ1) is 10.4. The number of hydrogen-bond acceptors (Lipinski definition) is 3. The minimum Gasteiger partial charge on any atom is -0.397 e. The molecule has 1 saturated heterocycles. The fraction of sp³-hybridized carbons (Fsp3) is 0.462. The molecule has 2 heterocycles. The third kappa shape index (κ3) is 1.64. The van der Waals surface area contributed by atoms with E-state index >= 15 is 0 Å². The zero-order valence-electron chi connectivity index (χ0n) is 10.1. The summed E-state index contributed by atoms with van der Waals surface area (Å²) in [5, 5.41) is 8.14. The highest BCUT2D eigenvalue weighted by Gasteiger charge is 2.24. The zero-order valence-corrected chi connectivity index (χ0v) is 10.1. The molecule has 0 aliphatic carbocycles. The molecule has 1 aliphatic rings. The second kappa shape index (κ2) is 3.95. The Balaban J connectivity index is 2.06. The van der Waals surface area contributed by atoms with Gasteiger partial charge in [-0.05, 0) is 31.4 Å². The second-order valence-electron chi connectivity index (χ2n) is 4.77. The number of nitrogens with two attached hydrogens (primary N) is 1. The molecule has 4 heteroatoms. The van der Waals surface area contributed by atoms with E-state index in [9.17, 15) is 0 Å². The maximum absolute atomic E-state index is 6.16. The summed E-state index contributed by atoms with van der Waals surface area (Å²) in [5.41, 5.74) is 9.24. The molecule has 2 aromatic rings. The van der Waals surface area contributed by atoms with Gasteiger partial charge in [0.05, 0.1) is 23.1 Å². The van der Waals surface area contributed by atoms with Crippen LogP contribution >= 0.6 is 0 Å². The lowest BCUT2D eigenvalue weighted by molar-refractivity contribution is 0.646. The van der Waals surface area contributed by atoms with Crippen molar-refractivity contribution in [2.24, 2.45) is 0 Å². The van der Waals surface area contributed by atoms with E-state index in [1.807, 2.05) is 12.3 Å². The van der Waals surface area contributed by atoms with Gasteiger partial charge < -0.3 is 10.6 Å². The molecular formula is C13H18N4. The van der Waals surface area contributed by atoms with Crippen molar-refractivity contribution in [1.82, 2.24) is 10.2 Å². The Labute approximate surface area is 101 Å². The number of benzene rings is 1. The zero-order chi connectivity index (χ0) is 11.8. The lowest BCUT2D eigenvalue weighted by atomic mass is 10.1. The Morgan fingerprint density at radius 2 is 2.41 bits per heavy atom. The van der Waals surface area contributed by atoms with Crippen molar-refractivity contribution in [3.8, 4) is 0 Å². The van der Waals surface area contributed by atoms with E-state index in [0.29, 0.717) is 6.04 Å². The van der Waals surface area contributed by atoms with E-state index < -0.39 is 0 Å². The first-order chi connectivity index (χ1) is 8.29. The topological polar surface area (TPSA) is 57.9 Å². The lowest BCUT2D eigenvalue weighted by Crippen LogP contribution is -2.29. The average molecular weight is 230 g/mol. The molecule has 1 atom stereocenters. The number of hydrogen-bond donors (Lipinski definition) is 2. The number of rotatable bonds is 2. The minimum atomic E-state index is 0.637. The summed E-state index contributed by atoms with van der Waals surface area (Å²) >= 11 is 0. The van der Waals surface area contributed by atoms with Crippen molar-refractivity contribution < 1.29 is 0 Å². The predicted molar refractivity (Wildman–Crippen MR) is 71.2 cm³/mol. The van der Waals surface area contributed by atoms with E-state index in [2.05, 4.69) is 28.1 Å². The molecule has 1 aromatic carbocycles. The fourth-order valence-corrected chi connectivity index (χ4v) is 2.82. The summed E-state index contributed by atoms with van der Waals surface area (Å²) in [4.78, 5) is 2.44. The summed E-state index contributed by atoms with van der Waals surface area (Å²) in [7, 11) is 0. The van der Waals surface area contributed by atoms with E-state index in [1.165, 1.54) is 19.3 Å². The van der Waals surface area contributed by atoms with Gasteiger partial charge in [-0.3, -0.25) is 5.10 Å². The average Bonchev–Trinajstić information content (AvgIpc) is 2.94. The summed E-state index contributed by atoms with van der Waals surface area (Å²) < 4.78 is 0. The van der Waals surface area contributed by atoms with Crippen LogP contribution in [-0.4, -0.2) is 22.8 Å². The molecule has 0 amide bonds. The molecule has 0 bridgehead atoms. The number of fused-ring (bicyclic) bond motifs is 1. The van der Waals surface area contributed by atoms with Gasteiger partial charge in [0.15, 0.2) is 0 Å². The van der Waals surface area contributed by atoms with Crippen LogP contribution in [0.4, 0.5) is 11.4 Å². The Bertz CT molecular complexity index is 531. The molecule has 1 fully saturated rings. The van der Waals surface area contributed by atoms with Crippen LogP contribution in [0, 0.1) is 0 Å². The number of aromatic amines is 1. The molecule has 1 unspecified atom stereocenters. The SMILES string of the molecule is CCC1CCCN1c1cc2[nH]ncc2cc1N. The van der Waals surface area contributed by atoms with Gasteiger partial charge in [0.1, 0.15) is 0 Å². The number of aromatic nitrogens is 2. The predicted octanol–water partition coefficient (Wildman–Crippen LogP) is 2.52. The first-order valence-corrected chi connectivity index (χ1v) is 6.29. The van der Waals surface area contributed by atoms with Crippen molar-refractivity contribution >= 4 is 22.3 Å². The standard InChI is InChI=1S/C13H18N4/c1-2-10-4-3-5-17(10)13-7-12-9(6-11(13)14)8-15-16-12/h6-8,10H,2-5,14H2,1H3,(H,15,16). The van der Waals surface area contributed by atoms with Crippen molar-refractivity contribution in [3.63, 3.8) is 0 Å². The molecule has 3 N–H and O–H groups in total. The van der Waals surface area contributed by atoms with Gasteiger partial charge in [0.25, 0.3) is 0 Å². The molecule has 1 aromatic heterocycles. The van der Waals surface area contributed by atoms with E-state index in [1.54, 1.807) is 0 Å². The van der Waals surface area contributed by atoms with Crippen molar-refractivity contribution in [2.45, 2.75) is 32.2 Å². The number of anilines is 2. The Kier molecular flexibility index (Phi) is 2.42. The molecule has 0 spiro atoms. The second-order valence-corrected chi connectivity index (χ2v) is 4.77. The number of nitrogen functional groups attached to an aromatic ring is 1. The maximum atomic E-state index is 6.16. The van der Waals surface area contributed by atoms with Crippen LogP contribution in [0.15, 0.2) is 18.3 Å². The molecule has 1 aliphatic heterocycles. The van der Waals surface area contributed by atoms with E-state index in [4.69, 9.17) is 5.73 Å². The Morgan fingerprint density at radius 3 is 3.24 bits per heavy atom. The highest BCUT2D eigenvalue weighted by atomic mass is 15.2. The summed E-state index contributed by atoms with van der Waals surface area (Å²) in [6.45, 7) is 3.36. The van der Waals surface area contributed by atoms with Gasteiger partial charge >= 0.3 is 0 Å². The smallest absolute Gasteiger partial charge is 0.0672 e. The van der Waals surface area contributed by atoms with Gasteiger partial charge in [-0.1, -0.05) is 6.92 Å². The van der Waals surface area contributed by atoms with E-state index in [-0.39, 0.29) is 0 Å². The van der Waals surface area contributed by atoms with Crippen molar-refractivity contribution in [2.75, 3.05) is 17.2 Å². The van der Waals surface area contributed by atoms with Crippen LogP contribution in [0.1, 0.15) is 26.2 Å². The van der Waals surface area contributed by atoms with Gasteiger partial charge in [-0.15, -0.1) is 0 Å². The van der Waals surface area contributed by atoms with Crippen LogP contribution in [0.5, 0.6) is 0 Å². The highest BCUT2D eigenvalue weighted by molar-refractivity contribution is 5.89. The molecule has 0 radical (unpaired) electrons. The van der Waals surface area contributed by atoms with Crippen molar-refractivity contribution in [1.29, 1.82) is 0 Å². The maximum Gasteiger partial charge on any atom is 0.0672 e. The van der Waals surface area contributed by atoms with Gasteiger partial charge in [-0.25, -0.2) is 0 Å². The van der Waals surface area contributed by atoms with Crippen LogP contribution in [-0.2, 0) is 0 Å². The Morgan fingerprint density at radius 1 is 1.53 bits per heavy atom. The van der Waals surface area contributed by atoms with Gasteiger partial charge in [0, 0.05) is 18.0 Å². The number of nitrogens with zero attached hydrogens (tertiary/aromatic N) is 2. The molecule has 3 rings (SSSR count). The fourth-order valence-electron chi connectivity index (χ4n) is 2.82. The van der Waals surface area contributed by atoms with Crippen LogP contribution in [0.2, 0.25) is 0 Å². The third-order valence-corrected chi connectivity index (χ3v) is 3.75. The van der Waals surface area contributed by atoms with Crippen LogP contribution in [0.25, 0.3) is 10.9 Å². The third-order valence-electron chi connectivity index (χ3n) is 3.75. The molecule has 4 nitrogen and oxygen atoms in total. The van der Waals surface area contributed by atoms with E-state index in [0.717, 1.165) is 28.8 Å². The highest BCUT2D eigenvalue weighted by Crippen LogP contribution is 2.34. The van der Waals surface area contributed by atoms with Crippen LogP contribution < -0.4 is 10.6 Å². The Hall–Kier alpha value is -1.71. The molecular weight excluding hydrogens is 212 g/mol. The van der Waals surface area contributed by atoms with Gasteiger partial charge in [0.2, 0.25) is 0 Å². The number of nitrogens with one attached hydrogen (secondary N) is 1. The molecule has 0 saturated carbocycles. The summed E-state index contributed by atoms with van der Waals surface area (Å²) in [6, 6.07) is 4.78. The quantitative estimate of drug-likeness (QED) is 0.779. The van der Waals surface area contributed by atoms with Crippen LogP contribution in [0.3, 0.4) is 0 Å². The number of H-pyrrole nitrogens is 1. The van der Waals surface area contributed by atoms with Crippen molar-refractivity contribution in [3.05, 3.63) is 18.3 Å². The summed E-state index contributed by atoms with van der Waals surface area (Å²) in [5.74, 6) is 0. The lowest BCUT2D eigenvalue weighted by Gasteiger charge is -2.27. The largest absolute Gasteiger partial charge is 0.397 e. The minimum absolute atomic E-state index is 0.637. The first-order valence-electron chi connectivity index (χ1n) is 6.29. The normalized spacial score (nSPS) is 20.3. The monoisotopic (exact) mass is 230 g/mol. The van der Waals surface area contributed by atoms with Gasteiger partial charge in [-0.2, -0.15) is 5.10 Å². The molecule has 17 heavy (non-hydrogen) atoms. The summed E-state index contributed by atoms with van der Waals surface area (Å²) in [6.07, 6.45) is 5.53.